The van der Waals surface area contributed by atoms with E-state index in [0.29, 0.717) is 53.8 Å². The van der Waals surface area contributed by atoms with Crippen molar-refractivity contribution in [1.29, 1.82) is 0 Å². The van der Waals surface area contributed by atoms with E-state index in [9.17, 15) is 4.79 Å². The zero-order chi connectivity index (χ0) is 21.2. The molecule has 2 rings (SSSR count). The lowest BCUT2D eigenvalue weighted by molar-refractivity contribution is -0.118. The summed E-state index contributed by atoms with van der Waals surface area (Å²) in [5, 5.41) is 12.3. The van der Waals surface area contributed by atoms with Crippen molar-refractivity contribution < 1.29 is 19.0 Å². The highest BCUT2D eigenvalue weighted by molar-refractivity contribution is 7.99. The van der Waals surface area contributed by atoms with Crippen molar-refractivity contribution in [2.45, 2.75) is 32.0 Å². The van der Waals surface area contributed by atoms with Gasteiger partial charge in [-0.05, 0) is 30.5 Å². The SMILES string of the molecule is COCCCn1c(SCC(=O)NCC(C)C)nnc1-c1ccc(OC)c(OC)c1. The van der Waals surface area contributed by atoms with Gasteiger partial charge >= 0.3 is 0 Å². The van der Waals surface area contributed by atoms with Gasteiger partial charge in [-0.1, -0.05) is 25.6 Å². The van der Waals surface area contributed by atoms with Crippen LogP contribution in [0.3, 0.4) is 0 Å². The molecule has 1 heterocycles. The molecule has 0 aliphatic rings. The van der Waals surface area contributed by atoms with Crippen LogP contribution in [0.15, 0.2) is 23.4 Å². The summed E-state index contributed by atoms with van der Waals surface area (Å²) in [6, 6.07) is 5.63. The molecule has 29 heavy (non-hydrogen) atoms. The molecule has 0 saturated heterocycles. The van der Waals surface area contributed by atoms with Crippen molar-refractivity contribution in [1.82, 2.24) is 20.1 Å². The van der Waals surface area contributed by atoms with E-state index < -0.39 is 0 Å². The highest BCUT2D eigenvalue weighted by atomic mass is 32.2. The Labute approximate surface area is 176 Å². The number of benzene rings is 1. The lowest BCUT2D eigenvalue weighted by Crippen LogP contribution is -2.28. The monoisotopic (exact) mass is 422 g/mol. The topological polar surface area (TPSA) is 87.5 Å². The van der Waals surface area contributed by atoms with E-state index in [1.54, 1.807) is 21.3 Å². The standard InChI is InChI=1S/C20H30N4O4S/c1-14(2)12-21-18(25)13-29-20-23-22-19(24(20)9-6-10-26-3)15-7-8-16(27-4)17(11-15)28-5/h7-8,11,14H,6,9-10,12-13H2,1-5H3,(H,21,25). The lowest BCUT2D eigenvalue weighted by atomic mass is 10.2. The lowest BCUT2D eigenvalue weighted by Gasteiger charge is -2.12. The minimum atomic E-state index is -0.0113. The molecule has 0 spiro atoms. The van der Waals surface area contributed by atoms with E-state index in [0.717, 1.165) is 12.0 Å². The van der Waals surface area contributed by atoms with Crippen LogP contribution in [0, 0.1) is 5.92 Å². The Bertz CT molecular complexity index is 795. The number of nitrogens with zero attached hydrogens (tertiary/aromatic N) is 3. The van der Waals surface area contributed by atoms with Gasteiger partial charge in [-0.15, -0.1) is 10.2 Å². The molecule has 8 nitrogen and oxygen atoms in total. The summed E-state index contributed by atoms with van der Waals surface area (Å²) >= 11 is 1.38. The second kappa shape index (κ2) is 11.7. The van der Waals surface area contributed by atoms with Gasteiger partial charge in [0.2, 0.25) is 5.91 Å². The molecule has 9 heteroatoms. The van der Waals surface area contributed by atoms with Crippen LogP contribution in [-0.4, -0.2) is 60.9 Å². The number of carbonyl (C=O) groups excluding carboxylic acids is 1. The molecule has 0 aliphatic heterocycles. The fraction of sp³-hybridized carbons (Fsp3) is 0.550. The number of aromatic nitrogens is 3. The molecule has 1 amide bonds. The number of hydrogen-bond donors (Lipinski definition) is 1. The zero-order valence-electron chi connectivity index (χ0n) is 17.7. The maximum absolute atomic E-state index is 12.1. The van der Waals surface area contributed by atoms with Gasteiger partial charge < -0.3 is 24.1 Å². The van der Waals surface area contributed by atoms with Gasteiger partial charge in [0.15, 0.2) is 22.5 Å². The minimum Gasteiger partial charge on any atom is -0.493 e. The van der Waals surface area contributed by atoms with Crippen molar-refractivity contribution in [2.24, 2.45) is 5.92 Å². The average molecular weight is 423 g/mol. The van der Waals surface area contributed by atoms with Crippen LogP contribution >= 0.6 is 11.8 Å². The number of rotatable bonds is 12. The van der Waals surface area contributed by atoms with Gasteiger partial charge in [0, 0.05) is 32.4 Å². The molecule has 0 atom stereocenters. The van der Waals surface area contributed by atoms with Crippen LogP contribution in [-0.2, 0) is 16.1 Å². The second-order valence-corrected chi connectivity index (χ2v) is 7.80. The second-order valence-electron chi connectivity index (χ2n) is 6.86. The fourth-order valence-corrected chi connectivity index (χ4v) is 3.45. The van der Waals surface area contributed by atoms with Crippen LogP contribution < -0.4 is 14.8 Å². The number of nitrogens with one attached hydrogen (secondary N) is 1. The third kappa shape index (κ3) is 6.64. The van der Waals surface area contributed by atoms with Crippen molar-refractivity contribution >= 4 is 17.7 Å². The molecule has 2 aromatic rings. The largest absolute Gasteiger partial charge is 0.493 e. The van der Waals surface area contributed by atoms with E-state index in [1.807, 2.05) is 22.8 Å². The maximum Gasteiger partial charge on any atom is 0.230 e. The Hall–Kier alpha value is -2.26. The summed E-state index contributed by atoms with van der Waals surface area (Å²) in [5.74, 6) is 2.69. The first kappa shape index (κ1) is 23.0. The summed E-state index contributed by atoms with van der Waals surface area (Å²) in [5.41, 5.74) is 0.865. The van der Waals surface area contributed by atoms with Gasteiger partial charge in [0.25, 0.3) is 0 Å². The normalized spacial score (nSPS) is 11.0. The first-order valence-electron chi connectivity index (χ1n) is 9.54. The predicted molar refractivity (Wildman–Crippen MR) is 114 cm³/mol. The molecular formula is C20H30N4O4S. The molecule has 0 bridgehead atoms. The quantitative estimate of drug-likeness (QED) is 0.416. The Kier molecular flexibility index (Phi) is 9.27. The molecule has 0 unspecified atom stereocenters. The number of carbonyl (C=O) groups is 1. The Morgan fingerprint density at radius 3 is 2.59 bits per heavy atom. The molecule has 1 aromatic heterocycles. The van der Waals surface area contributed by atoms with Gasteiger partial charge in [-0.25, -0.2) is 0 Å². The van der Waals surface area contributed by atoms with E-state index in [4.69, 9.17) is 14.2 Å². The molecule has 1 N–H and O–H groups in total. The molecule has 0 saturated carbocycles. The summed E-state index contributed by atoms with van der Waals surface area (Å²) in [7, 11) is 4.88. The van der Waals surface area contributed by atoms with Crippen molar-refractivity contribution in [2.75, 3.05) is 40.2 Å². The number of thioether (sulfide) groups is 1. The van der Waals surface area contributed by atoms with Gasteiger partial charge in [-0.3, -0.25) is 4.79 Å². The Morgan fingerprint density at radius 2 is 1.93 bits per heavy atom. The smallest absolute Gasteiger partial charge is 0.230 e. The maximum atomic E-state index is 12.1. The van der Waals surface area contributed by atoms with Crippen LogP contribution in [0.2, 0.25) is 0 Å². The van der Waals surface area contributed by atoms with Gasteiger partial charge in [0.05, 0.1) is 20.0 Å². The van der Waals surface area contributed by atoms with E-state index >= 15 is 0 Å². The van der Waals surface area contributed by atoms with E-state index in [1.165, 1.54) is 11.8 Å². The van der Waals surface area contributed by atoms with Crippen LogP contribution in [0.5, 0.6) is 11.5 Å². The fourth-order valence-electron chi connectivity index (χ4n) is 2.65. The van der Waals surface area contributed by atoms with E-state index in [2.05, 4.69) is 29.4 Å². The Morgan fingerprint density at radius 1 is 1.17 bits per heavy atom. The highest BCUT2D eigenvalue weighted by Gasteiger charge is 2.17. The predicted octanol–water partition coefficient (Wildman–Crippen LogP) is 2.86. The van der Waals surface area contributed by atoms with E-state index in [-0.39, 0.29) is 5.91 Å². The Balaban J connectivity index is 2.23. The molecule has 1 aromatic carbocycles. The van der Waals surface area contributed by atoms with Crippen LogP contribution in [0.25, 0.3) is 11.4 Å². The van der Waals surface area contributed by atoms with Gasteiger partial charge in [-0.2, -0.15) is 0 Å². The third-order valence-electron chi connectivity index (χ3n) is 4.13. The molecular weight excluding hydrogens is 392 g/mol. The van der Waals surface area contributed by atoms with Crippen LogP contribution in [0.1, 0.15) is 20.3 Å². The molecule has 0 radical (unpaired) electrons. The summed E-state index contributed by atoms with van der Waals surface area (Å²) in [6.45, 7) is 6.10. The zero-order valence-corrected chi connectivity index (χ0v) is 18.5. The first-order valence-corrected chi connectivity index (χ1v) is 10.5. The average Bonchev–Trinajstić information content (AvgIpc) is 3.13. The van der Waals surface area contributed by atoms with Gasteiger partial charge in [0.1, 0.15) is 0 Å². The van der Waals surface area contributed by atoms with Crippen molar-refractivity contribution in [3.8, 4) is 22.9 Å². The first-order chi connectivity index (χ1) is 14.0. The highest BCUT2D eigenvalue weighted by Crippen LogP contribution is 2.33. The van der Waals surface area contributed by atoms with Crippen molar-refractivity contribution in [3.05, 3.63) is 18.2 Å². The number of methoxy groups -OCH3 is 3. The number of ether oxygens (including phenoxy) is 3. The molecule has 160 valence electrons. The summed E-state index contributed by atoms with van der Waals surface area (Å²) in [4.78, 5) is 12.1. The third-order valence-corrected chi connectivity index (χ3v) is 5.10. The van der Waals surface area contributed by atoms with Crippen molar-refractivity contribution in [3.63, 3.8) is 0 Å². The minimum absolute atomic E-state index is 0.0113. The van der Waals surface area contributed by atoms with Crippen LogP contribution in [0.4, 0.5) is 0 Å². The number of hydrogen-bond acceptors (Lipinski definition) is 7. The summed E-state index contributed by atoms with van der Waals surface area (Å²) < 4.78 is 17.9. The number of amides is 1. The molecule has 0 aliphatic carbocycles. The summed E-state index contributed by atoms with van der Waals surface area (Å²) in [6.07, 6.45) is 0.807. The molecule has 0 fully saturated rings.